The molecule has 2 bridgehead atoms. The van der Waals surface area contributed by atoms with Crippen molar-refractivity contribution in [1.29, 1.82) is 0 Å². The summed E-state index contributed by atoms with van der Waals surface area (Å²) in [5.41, 5.74) is 0. The van der Waals surface area contributed by atoms with Gasteiger partial charge in [-0.1, -0.05) is 6.42 Å². The first-order valence-corrected chi connectivity index (χ1v) is 7.70. The van der Waals surface area contributed by atoms with Crippen LogP contribution in [-0.4, -0.2) is 38.8 Å². The Hall–Kier alpha value is -0.610. The summed E-state index contributed by atoms with van der Waals surface area (Å²) < 4.78 is 4.96. The molecule has 0 radical (unpaired) electrons. The van der Waals surface area contributed by atoms with E-state index in [-0.39, 0.29) is 11.9 Å². The Kier molecular flexibility index (Phi) is 5.64. The number of ether oxygens (including phenoxy) is 1. The van der Waals surface area contributed by atoms with E-state index < -0.39 is 0 Å². The molecule has 0 aromatic rings. The van der Waals surface area contributed by atoms with E-state index in [0.29, 0.717) is 13.2 Å². The van der Waals surface area contributed by atoms with Crippen LogP contribution in [0.15, 0.2) is 0 Å². The van der Waals surface area contributed by atoms with Gasteiger partial charge in [-0.25, -0.2) is 0 Å². The minimum absolute atomic E-state index is 0.0818. The van der Waals surface area contributed by atoms with Crippen LogP contribution in [0.5, 0.6) is 0 Å². The van der Waals surface area contributed by atoms with Gasteiger partial charge in [-0.05, 0) is 56.9 Å². The van der Waals surface area contributed by atoms with E-state index in [1.54, 1.807) is 7.11 Å². The van der Waals surface area contributed by atoms with Crippen molar-refractivity contribution in [2.75, 3.05) is 26.8 Å². The van der Waals surface area contributed by atoms with Crippen molar-refractivity contribution in [3.63, 3.8) is 0 Å². The van der Waals surface area contributed by atoms with Crippen LogP contribution < -0.4 is 10.6 Å². The third kappa shape index (κ3) is 4.18. The van der Waals surface area contributed by atoms with Gasteiger partial charge in [-0.15, -0.1) is 0 Å². The molecule has 4 heteroatoms. The lowest BCUT2D eigenvalue weighted by atomic mass is 9.89. The van der Waals surface area contributed by atoms with Crippen LogP contribution in [0, 0.1) is 17.8 Å². The maximum atomic E-state index is 11.9. The molecule has 4 atom stereocenters. The third-order valence-electron chi connectivity index (χ3n) is 4.79. The molecule has 4 nitrogen and oxygen atoms in total. The number of hydrogen-bond donors (Lipinski definition) is 2. The monoisotopic (exact) mass is 268 g/mol. The molecule has 2 saturated carbocycles. The van der Waals surface area contributed by atoms with Gasteiger partial charge in [-0.2, -0.15) is 0 Å². The van der Waals surface area contributed by atoms with Gasteiger partial charge in [0.15, 0.2) is 0 Å². The topological polar surface area (TPSA) is 50.4 Å². The lowest BCUT2D eigenvalue weighted by Crippen LogP contribution is -2.44. The number of carbonyl (C=O) groups is 1. The molecule has 0 saturated heterocycles. The summed E-state index contributed by atoms with van der Waals surface area (Å²) in [6.07, 6.45) is 6.54. The normalized spacial score (nSPS) is 30.5. The second-order valence-electron chi connectivity index (χ2n) is 6.20. The molecular formula is C15H28N2O2. The van der Waals surface area contributed by atoms with Crippen LogP contribution in [0.4, 0.5) is 0 Å². The van der Waals surface area contributed by atoms with Gasteiger partial charge in [-0.3, -0.25) is 4.79 Å². The van der Waals surface area contributed by atoms with E-state index >= 15 is 0 Å². The maximum absolute atomic E-state index is 11.9. The predicted molar refractivity (Wildman–Crippen MR) is 75.9 cm³/mol. The number of nitrogens with one attached hydrogen (secondary N) is 2. The highest BCUT2D eigenvalue weighted by molar-refractivity contribution is 5.81. The van der Waals surface area contributed by atoms with Gasteiger partial charge in [0, 0.05) is 20.3 Å². The molecule has 1 amide bonds. The minimum Gasteiger partial charge on any atom is -0.385 e. The van der Waals surface area contributed by atoms with Crippen molar-refractivity contribution >= 4 is 5.91 Å². The standard InChI is InChI=1S/C15H28N2O2/c1-11(15(18)16-6-3-7-19-2)17-10-14-9-12-4-5-13(14)8-12/h11-14,17H,3-10H2,1-2H3,(H,16,18). The van der Waals surface area contributed by atoms with Crippen molar-refractivity contribution in [2.45, 2.75) is 45.1 Å². The number of methoxy groups -OCH3 is 1. The van der Waals surface area contributed by atoms with Gasteiger partial charge in [0.1, 0.15) is 0 Å². The third-order valence-corrected chi connectivity index (χ3v) is 4.79. The molecule has 2 aliphatic carbocycles. The van der Waals surface area contributed by atoms with E-state index in [2.05, 4.69) is 10.6 Å². The number of fused-ring (bicyclic) bond motifs is 2. The molecule has 2 N–H and O–H groups in total. The Morgan fingerprint density at radius 1 is 1.37 bits per heavy atom. The number of amides is 1. The zero-order valence-corrected chi connectivity index (χ0v) is 12.3. The summed E-state index contributed by atoms with van der Waals surface area (Å²) in [6.45, 7) is 4.37. The minimum atomic E-state index is -0.0818. The van der Waals surface area contributed by atoms with Gasteiger partial charge in [0.25, 0.3) is 0 Å². The number of carbonyl (C=O) groups excluding carboxylic acids is 1. The van der Waals surface area contributed by atoms with Crippen LogP contribution in [0.2, 0.25) is 0 Å². The van der Waals surface area contributed by atoms with E-state index in [0.717, 1.165) is 30.7 Å². The first-order chi connectivity index (χ1) is 9.20. The molecule has 0 aromatic carbocycles. The molecule has 2 fully saturated rings. The Balaban J connectivity index is 1.58. The second kappa shape index (κ2) is 7.25. The van der Waals surface area contributed by atoms with E-state index in [1.165, 1.54) is 25.7 Å². The highest BCUT2D eigenvalue weighted by atomic mass is 16.5. The number of hydrogen-bond acceptors (Lipinski definition) is 3. The Morgan fingerprint density at radius 3 is 2.84 bits per heavy atom. The zero-order valence-electron chi connectivity index (χ0n) is 12.3. The molecule has 0 aromatic heterocycles. The van der Waals surface area contributed by atoms with Crippen molar-refractivity contribution in [3.05, 3.63) is 0 Å². The van der Waals surface area contributed by atoms with E-state index in [1.807, 2.05) is 6.92 Å². The molecule has 0 spiro atoms. The molecule has 2 rings (SSSR count). The quantitative estimate of drug-likeness (QED) is 0.657. The van der Waals surface area contributed by atoms with Crippen LogP contribution in [0.25, 0.3) is 0 Å². The van der Waals surface area contributed by atoms with Gasteiger partial charge in [0.2, 0.25) is 5.91 Å². The van der Waals surface area contributed by atoms with Crippen molar-refractivity contribution in [3.8, 4) is 0 Å². The van der Waals surface area contributed by atoms with Crippen LogP contribution in [0.3, 0.4) is 0 Å². The first kappa shape index (κ1) is 14.8. The average Bonchev–Trinajstić information content (AvgIpc) is 3.03. The fourth-order valence-electron chi connectivity index (χ4n) is 3.63. The predicted octanol–water partition coefficient (Wildman–Crippen LogP) is 1.55. The molecule has 110 valence electrons. The molecule has 2 aliphatic rings. The first-order valence-electron chi connectivity index (χ1n) is 7.70. The number of rotatable bonds is 8. The SMILES string of the molecule is COCCCNC(=O)C(C)NCC1CC2CCC1C2. The van der Waals surface area contributed by atoms with Crippen LogP contribution in [0.1, 0.15) is 39.0 Å². The van der Waals surface area contributed by atoms with E-state index in [4.69, 9.17) is 4.74 Å². The van der Waals surface area contributed by atoms with Gasteiger partial charge >= 0.3 is 0 Å². The molecule has 0 heterocycles. The van der Waals surface area contributed by atoms with Crippen molar-refractivity contribution in [1.82, 2.24) is 10.6 Å². The van der Waals surface area contributed by atoms with E-state index in [9.17, 15) is 4.79 Å². The highest BCUT2D eigenvalue weighted by Gasteiger charge is 2.39. The molecular weight excluding hydrogens is 240 g/mol. The van der Waals surface area contributed by atoms with Crippen LogP contribution in [-0.2, 0) is 9.53 Å². The summed E-state index contributed by atoms with van der Waals surface area (Å²) in [5, 5.41) is 6.35. The summed E-state index contributed by atoms with van der Waals surface area (Å²) in [6, 6.07) is -0.0818. The lowest BCUT2D eigenvalue weighted by molar-refractivity contribution is -0.122. The molecule has 4 unspecified atom stereocenters. The largest absolute Gasteiger partial charge is 0.385 e. The summed E-state index contributed by atoms with van der Waals surface area (Å²) in [4.78, 5) is 11.9. The lowest BCUT2D eigenvalue weighted by Gasteiger charge is -2.23. The molecule has 19 heavy (non-hydrogen) atoms. The summed E-state index contributed by atoms with van der Waals surface area (Å²) in [7, 11) is 1.68. The highest BCUT2D eigenvalue weighted by Crippen LogP contribution is 2.47. The fraction of sp³-hybridized carbons (Fsp3) is 0.933. The zero-order chi connectivity index (χ0) is 13.7. The fourth-order valence-corrected chi connectivity index (χ4v) is 3.63. The Morgan fingerprint density at radius 2 is 2.21 bits per heavy atom. The van der Waals surface area contributed by atoms with Crippen molar-refractivity contribution in [2.24, 2.45) is 17.8 Å². The second-order valence-corrected chi connectivity index (χ2v) is 6.20. The summed E-state index contributed by atoms with van der Waals surface area (Å²) >= 11 is 0. The smallest absolute Gasteiger partial charge is 0.236 e. The Bertz CT molecular complexity index is 296. The Labute approximate surface area is 116 Å². The average molecular weight is 268 g/mol. The van der Waals surface area contributed by atoms with Gasteiger partial charge < -0.3 is 15.4 Å². The van der Waals surface area contributed by atoms with Gasteiger partial charge in [0.05, 0.1) is 6.04 Å². The van der Waals surface area contributed by atoms with Crippen LogP contribution >= 0.6 is 0 Å². The molecule has 0 aliphatic heterocycles. The maximum Gasteiger partial charge on any atom is 0.236 e. The summed E-state index contributed by atoms with van der Waals surface area (Å²) in [5.74, 6) is 2.83. The van der Waals surface area contributed by atoms with Crippen molar-refractivity contribution < 1.29 is 9.53 Å².